The molecule has 0 bridgehead atoms. The highest BCUT2D eigenvalue weighted by atomic mass is 32.2. The lowest BCUT2D eigenvalue weighted by Crippen LogP contribution is -2.51. The Balaban J connectivity index is 1.62. The Morgan fingerprint density at radius 3 is 2.70 bits per heavy atom. The summed E-state index contributed by atoms with van der Waals surface area (Å²) in [5, 5.41) is 5.73. The number of thioether (sulfide) groups is 1. The van der Waals surface area contributed by atoms with Gasteiger partial charge in [0, 0.05) is 32.0 Å². The zero-order chi connectivity index (χ0) is 23.7. The minimum atomic E-state index is -3.66. The molecule has 10 heteroatoms. The average molecular weight is 491 g/mol. The second-order valence-corrected chi connectivity index (χ2v) is 10.9. The first-order chi connectivity index (χ1) is 15.9. The largest absolute Gasteiger partial charge is 0.350 e. The minimum Gasteiger partial charge on any atom is -0.350 e. The molecule has 1 saturated heterocycles. The number of aromatic nitrogens is 1. The number of hydrogen-bond donors (Lipinski definition) is 2. The monoisotopic (exact) mass is 490 g/mol. The first-order valence-electron chi connectivity index (χ1n) is 10.9. The van der Waals surface area contributed by atoms with Gasteiger partial charge < -0.3 is 10.6 Å². The van der Waals surface area contributed by atoms with Crippen molar-refractivity contribution in [3.8, 4) is 0 Å². The van der Waals surface area contributed by atoms with Crippen LogP contribution >= 0.6 is 11.8 Å². The molecule has 0 spiro atoms. The van der Waals surface area contributed by atoms with Crippen molar-refractivity contribution in [1.29, 1.82) is 0 Å². The molecule has 1 aromatic carbocycles. The summed E-state index contributed by atoms with van der Waals surface area (Å²) < 4.78 is 27.3. The van der Waals surface area contributed by atoms with Gasteiger partial charge in [0.1, 0.15) is 6.04 Å². The second-order valence-electron chi connectivity index (χ2n) is 7.94. The van der Waals surface area contributed by atoms with Crippen LogP contribution in [0.15, 0.2) is 59.8 Å². The molecule has 1 aromatic heterocycles. The van der Waals surface area contributed by atoms with Crippen LogP contribution in [-0.4, -0.2) is 60.7 Å². The van der Waals surface area contributed by atoms with E-state index in [9.17, 15) is 18.0 Å². The van der Waals surface area contributed by atoms with Crippen LogP contribution in [-0.2, 0) is 26.2 Å². The van der Waals surface area contributed by atoms with Crippen LogP contribution in [0, 0.1) is 5.92 Å². The van der Waals surface area contributed by atoms with E-state index >= 15 is 0 Å². The van der Waals surface area contributed by atoms with Crippen LogP contribution in [0.4, 0.5) is 0 Å². The van der Waals surface area contributed by atoms with E-state index < -0.39 is 22.0 Å². The van der Waals surface area contributed by atoms with Crippen molar-refractivity contribution in [3.05, 3.63) is 60.4 Å². The van der Waals surface area contributed by atoms with Crippen LogP contribution in [0.2, 0.25) is 0 Å². The Morgan fingerprint density at radius 2 is 2.00 bits per heavy atom. The Morgan fingerprint density at radius 1 is 1.21 bits per heavy atom. The number of carbonyl (C=O) groups is 2. The summed E-state index contributed by atoms with van der Waals surface area (Å²) in [6, 6.07) is 11.2. The SMILES string of the molecule is CSCC[C@@H](NC(=O)C1CCCN(S(=O)(=O)c2ccccc2)C1)C(=O)NCc1cccnc1. The lowest BCUT2D eigenvalue weighted by molar-refractivity contribution is -0.132. The highest BCUT2D eigenvalue weighted by molar-refractivity contribution is 7.98. The Hall–Kier alpha value is -2.43. The molecule has 0 aliphatic carbocycles. The number of amides is 2. The molecule has 2 heterocycles. The van der Waals surface area contributed by atoms with Gasteiger partial charge in [0.05, 0.1) is 10.8 Å². The van der Waals surface area contributed by atoms with E-state index in [0.29, 0.717) is 38.1 Å². The van der Waals surface area contributed by atoms with Gasteiger partial charge in [-0.2, -0.15) is 16.1 Å². The van der Waals surface area contributed by atoms with Crippen LogP contribution in [0.5, 0.6) is 0 Å². The van der Waals surface area contributed by atoms with Gasteiger partial charge in [0.15, 0.2) is 0 Å². The van der Waals surface area contributed by atoms with Gasteiger partial charge in [-0.3, -0.25) is 14.6 Å². The predicted octanol–water partition coefficient (Wildman–Crippen LogP) is 2.04. The third-order valence-electron chi connectivity index (χ3n) is 5.57. The molecule has 1 aliphatic heterocycles. The van der Waals surface area contributed by atoms with Crippen molar-refractivity contribution in [2.24, 2.45) is 5.92 Å². The molecule has 33 heavy (non-hydrogen) atoms. The predicted molar refractivity (Wildman–Crippen MR) is 129 cm³/mol. The van der Waals surface area contributed by atoms with Crippen molar-refractivity contribution in [1.82, 2.24) is 19.9 Å². The second kappa shape index (κ2) is 12.2. The number of nitrogens with zero attached hydrogens (tertiary/aromatic N) is 2. The maximum atomic E-state index is 13.0. The number of benzene rings is 1. The fraction of sp³-hybridized carbons (Fsp3) is 0.435. The van der Waals surface area contributed by atoms with Gasteiger partial charge in [-0.1, -0.05) is 24.3 Å². The van der Waals surface area contributed by atoms with E-state index in [1.165, 1.54) is 4.31 Å². The summed E-state index contributed by atoms with van der Waals surface area (Å²) in [7, 11) is -3.66. The Bertz CT molecular complexity index is 1020. The molecular weight excluding hydrogens is 460 g/mol. The van der Waals surface area contributed by atoms with E-state index in [4.69, 9.17) is 0 Å². The van der Waals surface area contributed by atoms with Crippen LogP contribution in [0.25, 0.3) is 0 Å². The number of piperidine rings is 1. The standard InChI is InChI=1S/C23H30N4O4S2/c1-32-14-11-21(23(29)25-16-18-7-5-12-24-15-18)26-22(28)19-8-6-13-27(17-19)33(30,31)20-9-3-2-4-10-20/h2-5,7,9-10,12,15,19,21H,6,8,11,13-14,16-17H2,1H3,(H,25,29)(H,26,28)/t19?,21-/m1/s1. The number of pyridine rings is 1. The highest BCUT2D eigenvalue weighted by Gasteiger charge is 2.34. The molecule has 2 aromatic rings. The third-order valence-corrected chi connectivity index (χ3v) is 8.09. The summed E-state index contributed by atoms with van der Waals surface area (Å²) in [5.74, 6) is -0.332. The van der Waals surface area contributed by atoms with E-state index in [1.54, 1.807) is 60.6 Å². The van der Waals surface area contributed by atoms with E-state index in [1.807, 2.05) is 12.3 Å². The average Bonchev–Trinajstić information content (AvgIpc) is 2.86. The molecule has 1 fully saturated rings. The molecule has 2 amide bonds. The Kier molecular flexibility index (Phi) is 9.28. The van der Waals surface area contributed by atoms with Crippen molar-refractivity contribution < 1.29 is 18.0 Å². The van der Waals surface area contributed by atoms with E-state index in [-0.39, 0.29) is 23.3 Å². The summed E-state index contributed by atoms with van der Waals surface area (Å²) >= 11 is 1.60. The molecule has 8 nitrogen and oxygen atoms in total. The zero-order valence-corrected chi connectivity index (χ0v) is 20.3. The maximum absolute atomic E-state index is 13.0. The number of nitrogens with one attached hydrogen (secondary N) is 2. The molecule has 1 unspecified atom stereocenters. The van der Waals surface area contributed by atoms with Gasteiger partial charge in [-0.15, -0.1) is 0 Å². The first kappa shape index (κ1) is 25.2. The number of sulfonamides is 1. The summed E-state index contributed by atoms with van der Waals surface area (Å²) in [4.78, 5) is 30.1. The molecule has 0 saturated carbocycles. The quantitative estimate of drug-likeness (QED) is 0.528. The summed E-state index contributed by atoms with van der Waals surface area (Å²) in [6.45, 7) is 0.808. The van der Waals surface area contributed by atoms with Gasteiger partial charge in [0.25, 0.3) is 0 Å². The molecule has 2 N–H and O–H groups in total. The van der Waals surface area contributed by atoms with Crippen molar-refractivity contribution >= 4 is 33.6 Å². The van der Waals surface area contributed by atoms with Crippen molar-refractivity contribution in [3.63, 3.8) is 0 Å². The molecule has 1 aliphatic rings. The number of hydrogen-bond acceptors (Lipinski definition) is 6. The maximum Gasteiger partial charge on any atom is 0.243 e. The summed E-state index contributed by atoms with van der Waals surface area (Å²) in [6.07, 6.45) is 6.95. The van der Waals surface area contributed by atoms with Gasteiger partial charge in [0.2, 0.25) is 21.8 Å². The molecule has 178 valence electrons. The molecule has 2 atom stereocenters. The lowest BCUT2D eigenvalue weighted by Gasteiger charge is -2.32. The van der Waals surface area contributed by atoms with Gasteiger partial charge >= 0.3 is 0 Å². The highest BCUT2D eigenvalue weighted by Crippen LogP contribution is 2.24. The van der Waals surface area contributed by atoms with Gasteiger partial charge in [-0.25, -0.2) is 8.42 Å². The van der Waals surface area contributed by atoms with Crippen molar-refractivity contribution in [2.45, 2.75) is 36.7 Å². The number of carbonyl (C=O) groups excluding carboxylic acids is 2. The van der Waals surface area contributed by atoms with Crippen molar-refractivity contribution in [2.75, 3.05) is 25.1 Å². The third kappa shape index (κ3) is 7.02. The number of rotatable bonds is 10. The van der Waals surface area contributed by atoms with Crippen LogP contribution in [0.1, 0.15) is 24.8 Å². The van der Waals surface area contributed by atoms with E-state index in [0.717, 1.165) is 5.56 Å². The van der Waals surface area contributed by atoms with Gasteiger partial charge in [-0.05, 0) is 55.0 Å². The minimum absolute atomic E-state index is 0.107. The molecule has 3 rings (SSSR count). The lowest BCUT2D eigenvalue weighted by atomic mass is 9.98. The normalized spacial score (nSPS) is 17.8. The molecule has 0 radical (unpaired) electrons. The Labute approximate surface area is 199 Å². The molecular formula is C23H30N4O4S2. The van der Waals surface area contributed by atoms with Crippen LogP contribution < -0.4 is 10.6 Å². The fourth-order valence-electron chi connectivity index (χ4n) is 3.73. The fourth-order valence-corrected chi connectivity index (χ4v) is 5.74. The van der Waals surface area contributed by atoms with E-state index in [2.05, 4.69) is 15.6 Å². The zero-order valence-electron chi connectivity index (χ0n) is 18.6. The topological polar surface area (TPSA) is 108 Å². The smallest absolute Gasteiger partial charge is 0.243 e. The first-order valence-corrected chi connectivity index (χ1v) is 13.8. The van der Waals surface area contributed by atoms with Crippen LogP contribution in [0.3, 0.4) is 0 Å². The summed E-state index contributed by atoms with van der Waals surface area (Å²) in [5.41, 5.74) is 0.870.